The van der Waals surface area contributed by atoms with E-state index < -0.39 is 0 Å². The van der Waals surface area contributed by atoms with Gasteiger partial charge in [-0.2, -0.15) is 4.98 Å². The van der Waals surface area contributed by atoms with Gasteiger partial charge in [0.05, 0.1) is 6.20 Å². The van der Waals surface area contributed by atoms with Gasteiger partial charge in [0.15, 0.2) is 5.58 Å². The Hall–Kier alpha value is -2.47. The van der Waals surface area contributed by atoms with Crippen LogP contribution in [0.5, 0.6) is 0 Å². The van der Waals surface area contributed by atoms with E-state index in [9.17, 15) is 4.39 Å². The quantitative estimate of drug-likeness (QED) is 0.740. The molecule has 1 atom stereocenters. The molecule has 0 radical (unpaired) electrons. The second-order valence-corrected chi connectivity index (χ2v) is 6.20. The van der Waals surface area contributed by atoms with E-state index in [-0.39, 0.29) is 11.9 Å². The Kier molecular flexibility index (Phi) is 3.90. The van der Waals surface area contributed by atoms with Crippen LogP contribution in [0.2, 0.25) is 0 Å². The Morgan fingerprint density at radius 2 is 2.12 bits per heavy atom. The summed E-state index contributed by atoms with van der Waals surface area (Å²) in [5, 5.41) is 0. The van der Waals surface area contributed by atoms with Gasteiger partial charge in [-0.05, 0) is 25.1 Å². The fourth-order valence-corrected chi connectivity index (χ4v) is 3.15. The topological polar surface area (TPSA) is 45.4 Å². The highest BCUT2D eigenvalue weighted by Crippen LogP contribution is 2.24. The van der Waals surface area contributed by atoms with Crippen molar-refractivity contribution in [3.63, 3.8) is 0 Å². The lowest BCUT2D eigenvalue weighted by Crippen LogP contribution is -2.51. The summed E-state index contributed by atoms with van der Waals surface area (Å²) in [6.45, 7) is 5.19. The third kappa shape index (κ3) is 2.85. The minimum Gasteiger partial charge on any atom is -0.423 e. The molecule has 3 heterocycles. The number of para-hydroxylation sites is 2. The predicted octanol–water partition coefficient (Wildman–Crippen LogP) is 3.07. The van der Waals surface area contributed by atoms with Crippen LogP contribution in [0.3, 0.4) is 0 Å². The van der Waals surface area contributed by atoms with Crippen molar-refractivity contribution in [1.29, 1.82) is 0 Å². The van der Waals surface area contributed by atoms with Gasteiger partial charge in [0, 0.05) is 44.0 Å². The van der Waals surface area contributed by atoms with Crippen LogP contribution >= 0.6 is 0 Å². The molecule has 4 rings (SSSR count). The monoisotopic (exact) mass is 326 g/mol. The highest BCUT2D eigenvalue weighted by atomic mass is 19.1. The molecule has 0 aliphatic carbocycles. The molecule has 2 aromatic heterocycles. The molecule has 1 unspecified atom stereocenters. The number of benzene rings is 1. The highest BCUT2D eigenvalue weighted by molar-refractivity contribution is 5.74. The van der Waals surface area contributed by atoms with Crippen LogP contribution in [0.4, 0.5) is 10.4 Å². The zero-order chi connectivity index (χ0) is 16.5. The number of piperazine rings is 1. The number of aromatic nitrogens is 2. The number of nitrogens with zero attached hydrogens (tertiary/aromatic N) is 4. The summed E-state index contributed by atoms with van der Waals surface area (Å²) in [5.41, 5.74) is 2.37. The number of rotatable bonds is 3. The van der Waals surface area contributed by atoms with Gasteiger partial charge >= 0.3 is 0 Å². The summed E-state index contributed by atoms with van der Waals surface area (Å²) >= 11 is 0. The second-order valence-electron chi connectivity index (χ2n) is 6.20. The number of oxazole rings is 1. The zero-order valence-electron chi connectivity index (χ0n) is 13.5. The summed E-state index contributed by atoms with van der Waals surface area (Å²) in [7, 11) is 0. The molecule has 1 fully saturated rings. The van der Waals surface area contributed by atoms with Crippen molar-refractivity contribution in [2.45, 2.75) is 19.5 Å². The molecule has 6 heteroatoms. The highest BCUT2D eigenvalue weighted by Gasteiger charge is 2.27. The van der Waals surface area contributed by atoms with E-state index in [1.165, 1.54) is 6.20 Å². The Balaban J connectivity index is 1.47. The predicted molar refractivity (Wildman–Crippen MR) is 90.3 cm³/mol. The summed E-state index contributed by atoms with van der Waals surface area (Å²) in [6.07, 6.45) is 2.91. The molecule has 24 heavy (non-hydrogen) atoms. The van der Waals surface area contributed by atoms with Gasteiger partial charge < -0.3 is 9.32 Å². The molecule has 124 valence electrons. The molecule has 0 amide bonds. The van der Waals surface area contributed by atoms with E-state index in [4.69, 9.17) is 4.42 Å². The SMILES string of the molecule is CC1CN(c2nc3ccccc3o2)CCN1Cc1ccncc1F. The third-order valence-electron chi connectivity index (χ3n) is 4.55. The average Bonchev–Trinajstić information content (AvgIpc) is 3.02. The average molecular weight is 326 g/mol. The number of halogens is 1. The first-order valence-corrected chi connectivity index (χ1v) is 8.13. The summed E-state index contributed by atoms with van der Waals surface area (Å²) in [5.74, 6) is -0.244. The van der Waals surface area contributed by atoms with Gasteiger partial charge in [-0.15, -0.1) is 0 Å². The lowest BCUT2D eigenvalue weighted by molar-refractivity contribution is 0.176. The maximum Gasteiger partial charge on any atom is 0.298 e. The maximum absolute atomic E-state index is 13.8. The molecule has 0 N–H and O–H groups in total. The molecule has 5 nitrogen and oxygen atoms in total. The second kappa shape index (κ2) is 6.20. The number of fused-ring (bicyclic) bond motifs is 1. The van der Waals surface area contributed by atoms with Gasteiger partial charge in [0.25, 0.3) is 6.01 Å². The van der Waals surface area contributed by atoms with Crippen molar-refractivity contribution in [2.75, 3.05) is 24.5 Å². The Morgan fingerprint density at radius 1 is 1.25 bits per heavy atom. The normalized spacial score (nSPS) is 19.1. The van der Waals surface area contributed by atoms with E-state index >= 15 is 0 Å². The van der Waals surface area contributed by atoms with Crippen LogP contribution in [0.1, 0.15) is 12.5 Å². The lowest BCUT2D eigenvalue weighted by Gasteiger charge is -2.39. The largest absolute Gasteiger partial charge is 0.423 e. The Morgan fingerprint density at radius 3 is 2.92 bits per heavy atom. The van der Waals surface area contributed by atoms with Crippen molar-refractivity contribution in [1.82, 2.24) is 14.9 Å². The van der Waals surface area contributed by atoms with Crippen LogP contribution in [0.15, 0.2) is 47.1 Å². The third-order valence-corrected chi connectivity index (χ3v) is 4.55. The van der Waals surface area contributed by atoms with Gasteiger partial charge in [-0.3, -0.25) is 9.88 Å². The smallest absolute Gasteiger partial charge is 0.298 e. The molecule has 1 aliphatic heterocycles. The molecule has 0 spiro atoms. The van der Waals surface area contributed by atoms with E-state index in [0.717, 1.165) is 30.7 Å². The standard InChI is InChI=1S/C18H19FN4O/c1-13-11-23(18-21-16-4-2-3-5-17(16)24-18)9-8-22(13)12-14-6-7-20-10-15(14)19/h2-7,10,13H,8-9,11-12H2,1H3. The Bertz CT molecular complexity index is 817. The van der Waals surface area contributed by atoms with E-state index in [1.807, 2.05) is 24.3 Å². The lowest BCUT2D eigenvalue weighted by atomic mass is 10.1. The number of hydrogen-bond donors (Lipinski definition) is 0. The molecule has 1 aliphatic rings. The first-order chi connectivity index (χ1) is 11.7. The van der Waals surface area contributed by atoms with E-state index in [2.05, 4.69) is 26.7 Å². The zero-order valence-corrected chi connectivity index (χ0v) is 13.5. The fraction of sp³-hybridized carbons (Fsp3) is 0.333. The molecule has 0 saturated carbocycles. The van der Waals surface area contributed by atoms with Crippen LogP contribution in [-0.4, -0.2) is 40.5 Å². The van der Waals surface area contributed by atoms with Crippen molar-refractivity contribution in [3.05, 3.63) is 54.1 Å². The molecule has 1 saturated heterocycles. The van der Waals surface area contributed by atoms with Crippen LogP contribution in [0, 0.1) is 5.82 Å². The van der Waals surface area contributed by atoms with Gasteiger partial charge in [0.1, 0.15) is 11.3 Å². The molecular formula is C18H19FN4O. The first kappa shape index (κ1) is 15.1. The van der Waals surface area contributed by atoms with E-state index in [1.54, 1.807) is 12.3 Å². The molecular weight excluding hydrogens is 307 g/mol. The fourth-order valence-electron chi connectivity index (χ4n) is 3.15. The molecule has 1 aromatic carbocycles. The number of pyridine rings is 1. The summed E-state index contributed by atoms with van der Waals surface area (Å²) in [4.78, 5) is 12.8. The minimum absolute atomic E-state index is 0.244. The summed E-state index contributed by atoms with van der Waals surface area (Å²) < 4.78 is 19.7. The van der Waals surface area contributed by atoms with Gasteiger partial charge in [-0.25, -0.2) is 4.39 Å². The van der Waals surface area contributed by atoms with Crippen molar-refractivity contribution in [2.24, 2.45) is 0 Å². The Labute approximate surface area is 139 Å². The van der Waals surface area contributed by atoms with Crippen LogP contribution in [-0.2, 0) is 6.54 Å². The van der Waals surface area contributed by atoms with Crippen molar-refractivity contribution < 1.29 is 8.81 Å². The molecule has 0 bridgehead atoms. The summed E-state index contributed by atoms with van der Waals surface area (Å²) in [6, 6.07) is 10.5. The van der Waals surface area contributed by atoms with Crippen LogP contribution < -0.4 is 4.90 Å². The number of anilines is 1. The van der Waals surface area contributed by atoms with Crippen LogP contribution in [0.25, 0.3) is 11.1 Å². The van der Waals surface area contributed by atoms with Gasteiger partial charge in [0.2, 0.25) is 0 Å². The van der Waals surface area contributed by atoms with Crippen molar-refractivity contribution in [3.8, 4) is 0 Å². The van der Waals surface area contributed by atoms with E-state index in [0.29, 0.717) is 18.1 Å². The van der Waals surface area contributed by atoms with Crippen molar-refractivity contribution >= 4 is 17.1 Å². The maximum atomic E-state index is 13.8. The minimum atomic E-state index is -0.244. The first-order valence-electron chi connectivity index (χ1n) is 8.13. The molecule has 3 aromatic rings. The van der Waals surface area contributed by atoms with Gasteiger partial charge in [-0.1, -0.05) is 12.1 Å². The number of hydrogen-bond acceptors (Lipinski definition) is 5.